The molecule has 1 aromatic carbocycles. The maximum Gasteiger partial charge on any atom is 0.354 e. The Kier molecular flexibility index (Phi) is 4.23. The number of carboxylic acids is 1. The summed E-state index contributed by atoms with van der Waals surface area (Å²) in [6.45, 7) is 1.92. The number of carboxylic acid groups (broad SMARTS) is 1. The summed E-state index contributed by atoms with van der Waals surface area (Å²) in [7, 11) is 1.60. The summed E-state index contributed by atoms with van der Waals surface area (Å²) in [5.74, 6) is 0.179. The number of anilines is 2. The third kappa shape index (κ3) is 3.59. The third-order valence-electron chi connectivity index (χ3n) is 4.39. The average molecular weight is 365 g/mol. The van der Waals surface area contributed by atoms with E-state index < -0.39 is 5.97 Å². The minimum Gasteiger partial charge on any atom is -0.494 e. The minimum atomic E-state index is -1.06. The average Bonchev–Trinajstić information content (AvgIpc) is 3.42. The predicted molar refractivity (Wildman–Crippen MR) is 99.1 cm³/mol. The van der Waals surface area contributed by atoms with E-state index in [-0.39, 0.29) is 11.6 Å². The molecule has 0 spiro atoms. The van der Waals surface area contributed by atoms with Crippen molar-refractivity contribution < 1.29 is 14.6 Å². The highest BCUT2D eigenvalue weighted by Crippen LogP contribution is 2.39. The van der Waals surface area contributed by atoms with Gasteiger partial charge in [0.25, 0.3) is 0 Å². The zero-order valence-electron chi connectivity index (χ0n) is 15.0. The van der Waals surface area contributed by atoms with E-state index in [2.05, 4.69) is 20.3 Å². The van der Waals surface area contributed by atoms with Crippen LogP contribution < -0.4 is 10.1 Å². The summed E-state index contributed by atoms with van der Waals surface area (Å²) in [4.78, 5) is 24.2. The van der Waals surface area contributed by atoms with Crippen molar-refractivity contribution in [1.82, 2.24) is 19.5 Å². The van der Waals surface area contributed by atoms with Crippen LogP contribution in [0.3, 0.4) is 0 Å². The van der Waals surface area contributed by atoms with E-state index in [9.17, 15) is 9.90 Å². The molecule has 1 fully saturated rings. The number of carbonyl (C=O) groups is 1. The monoisotopic (exact) mass is 365 g/mol. The fourth-order valence-corrected chi connectivity index (χ4v) is 2.87. The highest BCUT2D eigenvalue weighted by atomic mass is 16.5. The van der Waals surface area contributed by atoms with Crippen LogP contribution in [-0.4, -0.2) is 37.7 Å². The molecule has 27 heavy (non-hydrogen) atoms. The van der Waals surface area contributed by atoms with Crippen LogP contribution in [0.4, 0.5) is 11.6 Å². The normalized spacial score (nSPS) is 13.4. The van der Waals surface area contributed by atoms with E-state index in [1.807, 2.05) is 35.9 Å². The van der Waals surface area contributed by atoms with Gasteiger partial charge in [-0.3, -0.25) is 0 Å². The van der Waals surface area contributed by atoms with E-state index in [4.69, 9.17) is 4.74 Å². The second-order valence-corrected chi connectivity index (χ2v) is 6.52. The van der Waals surface area contributed by atoms with Crippen LogP contribution in [-0.2, 0) is 0 Å². The van der Waals surface area contributed by atoms with Gasteiger partial charge in [0.1, 0.15) is 5.75 Å². The molecule has 1 aliphatic rings. The molecule has 2 N–H and O–H groups in total. The fraction of sp³-hybridized carbons (Fsp3) is 0.263. The number of aryl methyl sites for hydroxylation is 1. The van der Waals surface area contributed by atoms with Gasteiger partial charge in [0, 0.05) is 29.6 Å². The summed E-state index contributed by atoms with van der Waals surface area (Å²) in [6, 6.07) is 7.13. The SMILES string of the molecule is COc1cc(Nc2nc(C(=O)O)cc(C3CC3)n2)ccc1-n1cnc(C)c1. The minimum absolute atomic E-state index is 0.00752. The molecule has 0 unspecified atom stereocenters. The van der Waals surface area contributed by atoms with Gasteiger partial charge < -0.3 is 19.7 Å². The number of ether oxygens (including phenoxy) is 1. The summed E-state index contributed by atoms with van der Waals surface area (Å²) in [5.41, 5.74) is 3.22. The van der Waals surface area contributed by atoms with Crippen molar-refractivity contribution >= 4 is 17.6 Å². The van der Waals surface area contributed by atoms with Crippen molar-refractivity contribution in [3.63, 3.8) is 0 Å². The Morgan fingerprint density at radius 2 is 2.11 bits per heavy atom. The van der Waals surface area contributed by atoms with Crippen molar-refractivity contribution in [3.05, 3.63) is 53.9 Å². The van der Waals surface area contributed by atoms with E-state index in [1.165, 1.54) is 0 Å². The second-order valence-electron chi connectivity index (χ2n) is 6.52. The van der Waals surface area contributed by atoms with E-state index in [0.717, 1.165) is 29.9 Å². The molecule has 0 radical (unpaired) electrons. The molecule has 0 aliphatic heterocycles. The molecule has 0 amide bonds. The topological polar surface area (TPSA) is 102 Å². The Bertz CT molecular complexity index is 1010. The number of aromatic carboxylic acids is 1. The van der Waals surface area contributed by atoms with Gasteiger partial charge in [0.15, 0.2) is 5.69 Å². The number of aromatic nitrogens is 4. The molecule has 2 heterocycles. The lowest BCUT2D eigenvalue weighted by Gasteiger charge is -2.13. The van der Waals surface area contributed by atoms with Gasteiger partial charge in [-0.1, -0.05) is 0 Å². The number of methoxy groups -OCH3 is 1. The van der Waals surface area contributed by atoms with Gasteiger partial charge in [-0.25, -0.2) is 19.7 Å². The van der Waals surface area contributed by atoms with Gasteiger partial charge in [-0.15, -0.1) is 0 Å². The number of rotatable bonds is 6. The first-order valence-electron chi connectivity index (χ1n) is 8.62. The molecular formula is C19H19N5O3. The van der Waals surface area contributed by atoms with E-state index in [0.29, 0.717) is 17.4 Å². The number of nitrogens with one attached hydrogen (secondary N) is 1. The lowest BCUT2D eigenvalue weighted by Crippen LogP contribution is -2.07. The molecule has 2 aromatic heterocycles. The van der Waals surface area contributed by atoms with Gasteiger partial charge in [0.2, 0.25) is 5.95 Å². The maximum absolute atomic E-state index is 11.4. The molecule has 8 nitrogen and oxygen atoms in total. The van der Waals surface area contributed by atoms with Crippen LogP contribution >= 0.6 is 0 Å². The molecule has 4 rings (SSSR count). The lowest BCUT2D eigenvalue weighted by molar-refractivity contribution is 0.0690. The summed E-state index contributed by atoms with van der Waals surface area (Å²) in [5, 5.41) is 12.4. The first-order valence-corrected chi connectivity index (χ1v) is 8.62. The largest absolute Gasteiger partial charge is 0.494 e. The van der Waals surface area contributed by atoms with Gasteiger partial charge >= 0.3 is 5.97 Å². The maximum atomic E-state index is 11.4. The Hall–Kier alpha value is -3.42. The number of hydrogen-bond donors (Lipinski definition) is 2. The smallest absolute Gasteiger partial charge is 0.354 e. The Morgan fingerprint density at radius 1 is 1.30 bits per heavy atom. The van der Waals surface area contributed by atoms with E-state index in [1.54, 1.807) is 19.5 Å². The zero-order valence-corrected chi connectivity index (χ0v) is 15.0. The number of nitrogens with zero attached hydrogens (tertiary/aromatic N) is 4. The molecule has 3 aromatic rings. The predicted octanol–water partition coefficient (Wildman–Crippen LogP) is 3.30. The Labute approximate surface area is 155 Å². The molecule has 8 heteroatoms. The van der Waals surface area contributed by atoms with Crippen LogP contribution in [0.25, 0.3) is 5.69 Å². The van der Waals surface area contributed by atoms with Crippen LogP contribution in [0.5, 0.6) is 5.75 Å². The van der Waals surface area contributed by atoms with Crippen molar-refractivity contribution in [2.45, 2.75) is 25.7 Å². The molecule has 0 bridgehead atoms. The summed E-state index contributed by atoms with van der Waals surface area (Å²) < 4.78 is 7.38. The van der Waals surface area contributed by atoms with Crippen molar-refractivity contribution in [3.8, 4) is 11.4 Å². The van der Waals surface area contributed by atoms with Crippen LogP contribution in [0, 0.1) is 6.92 Å². The Balaban J connectivity index is 1.65. The van der Waals surface area contributed by atoms with Gasteiger partial charge in [-0.2, -0.15) is 0 Å². The number of hydrogen-bond acceptors (Lipinski definition) is 6. The van der Waals surface area contributed by atoms with Crippen LogP contribution in [0.1, 0.15) is 40.6 Å². The van der Waals surface area contributed by atoms with Crippen molar-refractivity contribution in [2.75, 3.05) is 12.4 Å². The highest BCUT2D eigenvalue weighted by molar-refractivity contribution is 5.86. The molecule has 138 valence electrons. The molecule has 1 saturated carbocycles. The summed E-state index contributed by atoms with van der Waals surface area (Å²) in [6.07, 6.45) is 5.69. The highest BCUT2D eigenvalue weighted by Gasteiger charge is 2.27. The van der Waals surface area contributed by atoms with Crippen molar-refractivity contribution in [2.24, 2.45) is 0 Å². The van der Waals surface area contributed by atoms with E-state index >= 15 is 0 Å². The lowest BCUT2D eigenvalue weighted by atomic mass is 10.2. The first kappa shape index (κ1) is 17.0. The third-order valence-corrected chi connectivity index (χ3v) is 4.39. The standard InChI is InChI=1S/C19H19N5O3/c1-11-9-24(10-20-11)16-6-5-13(7-17(16)27-2)21-19-22-14(12-3-4-12)8-15(23-19)18(25)26/h5-10,12H,3-4H2,1-2H3,(H,25,26)(H,21,22,23). The van der Waals surface area contributed by atoms with Gasteiger partial charge in [0.05, 0.1) is 24.8 Å². The number of benzene rings is 1. The molecule has 0 atom stereocenters. The first-order chi connectivity index (χ1) is 13.0. The zero-order chi connectivity index (χ0) is 19.0. The molecular weight excluding hydrogens is 346 g/mol. The van der Waals surface area contributed by atoms with Crippen molar-refractivity contribution in [1.29, 1.82) is 0 Å². The molecule has 0 saturated heterocycles. The number of imidazole rings is 1. The fourth-order valence-electron chi connectivity index (χ4n) is 2.87. The quantitative estimate of drug-likeness (QED) is 0.691. The van der Waals surface area contributed by atoms with Crippen LogP contribution in [0.2, 0.25) is 0 Å². The Morgan fingerprint density at radius 3 is 2.74 bits per heavy atom. The second kappa shape index (κ2) is 6.71. The molecule has 1 aliphatic carbocycles. The summed E-state index contributed by atoms with van der Waals surface area (Å²) >= 11 is 0. The van der Waals surface area contributed by atoms with Crippen LogP contribution in [0.15, 0.2) is 36.8 Å². The van der Waals surface area contributed by atoms with Gasteiger partial charge in [-0.05, 0) is 38.0 Å².